The molecule has 0 unspecified atom stereocenters. The van der Waals surface area contributed by atoms with Crippen LogP contribution in [-0.2, 0) is 0 Å². The number of halogens is 1. The van der Waals surface area contributed by atoms with Gasteiger partial charge in [0.15, 0.2) is 0 Å². The maximum Gasteiger partial charge on any atom is 0.253 e. The van der Waals surface area contributed by atoms with Crippen LogP contribution in [0.1, 0.15) is 36.0 Å². The van der Waals surface area contributed by atoms with Gasteiger partial charge in [0, 0.05) is 22.2 Å². The molecule has 16 heavy (non-hydrogen) atoms. The fourth-order valence-electron chi connectivity index (χ4n) is 2.05. The van der Waals surface area contributed by atoms with Crippen LogP contribution in [0.2, 0.25) is 0 Å². The van der Waals surface area contributed by atoms with Gasteiger partial charge in [0.1, 0.15) is 0 Å². The van der Waals surface area contributed by atoms with Crippen molar-refractivity contribution in [1.82, 2.24) is 4.90 Å². The van der Waals surface area contributed by atoms with Gasteiger partial charge in [-0.1, -0.05) is 12.8 Å². The van der Waals surface area contributed by atoms with E-state index in [2.05, 4.69) is 22.6 Å². The van der Waals surface area contributed by atoms with E-state index in [-0.39, 0.29) is 5.91 Å². The first-order valence-corrected chi connectivity index (χ1v) is 6.90. The van der Waals surface area contributed by atoms with E-state index in [0.717, 1.165) is 31.5 Å². The quantitative estimate of drug-likeness (QED) is 0.724. The van der Waals surface area contributed by atoms with E-state index in [1.165, 1.54) is 16.4 Å². The van der Waals surface area contributed by atoms with Crippen LogP contribution in [0.5, 0.6) is 0 Å². The first-order valence-electron chi connectivity index (χ1n) is 5.82. The van der Waals surface area contributed by atoms with Crippen molar-refractivity contribution in [2.75, 3.05) is 13.1 Å². The minimum atomic E-state index is 0.193. The summed E-state index contributed by atoms with van der Waals surface area (Å²) in [7, 11) is 0. The molecule has 0 saturated carbocycles. The van der Waals surface area contributed by atoms with Gasteiger partial charge in [0.05, 0.1) is 0 Å². The van der Waals surface area contributed by atoms with Gasteiger partial charge < -0.3 is 4.90 Å². The summed E-state index contributed by atoms with van der Waals surface area (Å²) in [4.78, 5) is 14.2. The zero-order valence-corrected chi connectivity index (χ0v) is 11.4. The SMILES string of the molecule is O=C(c1ccc(I)cc1)N1CCCCCC1. The molecule has 2 nitrogen and oxygen atoms in total. The lowest BCUT2D eigenvalue weighted by Gasteiger charge is -2.20. The van der Waals surface area contributed by atoms with Crippen molar-refractivity contribution in [3.05, 3.63) is 33.4 Å². The van der Waals surface area contributed by atoms with E-state index >= 15 is 0 Å². The summed E-state index contributed by atoms with van der Waals surface area (Å²) in [6.45, 7) is 1.84. The van der Waals surface area contributed by atoms with Gasteiger partial charge in [-0.05, 0) is 59.7 Å². The largest absolute Gasteiger partial charge is 0.339 e. The van der Waals surface area contributed by atoms with Crippen LogP contribution in [0.4, 0.5) is 0 Å². The van der Waals surface area contributed by atoms with Crippen molar-refractivity contribution in [2.24, 2.45) is 0 Å². The Kier molecular flexibility index (Phi) is 4.21. The lowest BCUT2D eigenvalue weighted by atomic mass is 10.2. The average molecular weight is 329 g/mol. The minimum absolute atomic E-state index is 0.193. The molecule has 0 atom stereocenters. The first kappa shape index (κ1) is 11.9. The van der Waals surface area contributed by atoms with Crippen LogP contribution in [0.3, 0.4) is 0 Å². The highest BCUT2D eigenvalue weighted by Crippen LogP contribution is 2.14. The number of hydrogen-bond acceptors (Lipinski definition) is 1. The van der Waals surface area contributed by atoms with Gasteiger partial charge in [-0.25, -0.2) is 0 Å². The van der Waals surface area contributed by atoms with Gasteiger partial charge in [0.2, 0.25) is 0 Å². The van der Waals surface area contributed by atoms with Crippen LogP contribution in [0.25, 0.3) is 0 Å². The average Bonchev–Trinajstić information content (AvgIpc) is 2.57. The fraction of sp³-hybridized carbons (Fsp3) is 0.462. The molecule has 0 radical (unpaired) electrons. The fourth-order valence-corrected chi connectivity index (χ4v) is 2.41. The number of benzene rings is 1. The topological polar surface area (TPSA) is 20.3 Å². The maximum absolute atomic E-state index is 12.2. The van der Waals surface area contributed by atoms with Crippen LogP contribution < -0.4 is 0 Å². The second-order valence-corrected chi connectivity index (χ2v) is 5.46. The Hall–Kier alpha value is -0.580. The zero-order chi connectivity index (χ0) is 11.4. The Bertz CT molecular complexity index is 353. The molecule has 1 heterocycles. The monoisotopic (exact) mass is 329 g/mol. The molecule has 1 aliphatic heterocycles. The Balaban J connectivity index is 2.08. The summed E-state index contributed by atoms with van der Waals surface area (Å²) in [5, 5.41) is 0. The lowest BCUT2D eigenvalue weighted by Crippen LogP contribution is -2.31. The summed E-state index contributed by atoms with van der Waals surface area (Å²) in [6.07, 6.45) is 4.82. The molecule has 0 aliphatic carbocycles. The van der Waals surface area contributed by atoms with Crippen LogP contribution >= 0.6 is 22.6 Å². The van der Waals surface area contributed by atoms with E-state index in [1.807, 2.05) is 29.2 Å². The first-order chi connectivity index (χ1) is 7.77. The molecular formula is C13H16INO. The number of likely N-dealkylation sites (tertiary alicyclic amines) is 1. The number of nitrogens with zero attached hydrogens (tertiary/aromatic N) is 1. The number of amides is 1. The molecule has 3 heteroatoms. The molecule has 1 fully saturated rings. The number of rotatable bonds is 1. The predicted molar refractivity (Wildman–Crippen MR) is 73.5 cm³/mol. The normalized spacial score (nSPS) is 16.9. The summed E-state index contributed by atoms with van der Waals surface area (Å²) >= 11 is 2.26. The molecule has 1 saturated heterocycles. The van der Waals surface area contributed by atoms with Crippen LogP contribution in [-0.4, -0.2) is 23.9 Å². The Morgan fingerprint density at radius 3 is 2.12 bits per heavy atom. The smallest absolute Gasteiger partial charge is 0.253 e. The molecule has 1 aromatic carbocycles. The van der Waals surface area contributed by atoms with Gasteiger partial charge in [-0.15, -0.1) is 0 Å². The molecule has 0 aromatic heterocycles. The maximum atomic E-state index is 12.2. The highest BCUT2D eigenvalue weighted by atomic mass is 127. The van der Waals surface area contributed by atoms with E-state index < -0.39 is 0 Å². The van der Waals surface area contributed by atoms with Crippen molar-refractivity contribution < 1.29 is 4.79 Å². The van der Waals surface area contributed by atoms with Crippen LogP contribution in [0, 0.1) is 3.57 Å². The van der Waals surface area contributed by atoms with E-state index in [0.29, 0.717) is 0 Å². The second kappa shape index (κ2) is 5.66. The van der Waals surface area contributed by atoms with Crippen LogP contribution in [0.15, 0.2) is 24.3 Å². The van der Waals surface area contributed by atoms with Gasteiger partial charge in [-0.2, -0.15) is 0 Å². The molecule has 1 amide bonds. The summed E-state index contributed by atoms with van der Waals surface area (Å²) in [5.74, 6) is 0.193. The van der Waals surface area contributed by atoms with E-state index in [1.54, 1.807) is 0 Å². The highest BCUT2D eigenvalue weighted by molar-refractivity contribution is 14.1. The standard InChI is InChI=1S/C13H16INO/c14-12-7-5-11(6-8-12)13(16)15-9-3-1-2-4-10-15/h5-8H,1-4,9-10H2. The molecule has 2 rings (SSSR count). The molecule has 0 N–H and O–H groups in total. The van der Waals surface area contributed by atoms with Crippen molar-refractivity contribution >= 4 is 28.5 Å². The van der Waals surface area contributed by atoms with Crippen molar-refractivity contribution in [3.8, 4) is 0 Å². The van der Waals surface area contributed by atoms with Crippen molar-refractivity contribution in [2.45, 2.75) is 25.7 Å². The minimum Gasteiger partial charge on any atom is -0.339 e. The number of hydrogen-bond donors (Lipinski definition) is 0. The Morgan fingerprint density at radius 1 is 1.00 bits per heavy atom. The highest BCUT2D eigenvalue weighted by Gasteiger charge is 2.16. The van der Waals surface area contributed by atoms with Gasteiger partial charge in [-0.3, -0.25) is 4.79 Å². The van der Waals surface area contributed by atoms with E-state index in [4.69, 9.17) is 0 Å². The third-order valence-corrected chi connectivity index (χ3v) is 3.70. The molecule has 0 bridgehead atoms. The molecule has 0 spiro atoms. The Labute approximate surface area is 110 Å². The summed E-state index contributed by atoms with van der Waals surface area (Å²) in [5.41, 5.74) is 0.822. The third kappa shape index (κ3) is 2.97. The van der Waals surface area contributed by atoms with Crippen molar-refractivity contribution in [1.29, 1.82) is 0 Å². The lowest BCUT2D eigenvalue weighted by molar-refractivity contribution is 0.0761. The molecule has 1 aliphatic rings. The van der Waals surface area contributed by atoms with E-state index in [9.17, 15) is 4.79 Å². The number of carbonyl (C=O) groups excluding carboxylic acids is 1. The molecule has 1 aromatic rings. The summed E-state index contributed by atoms with van der Waals surface area (Å²) in [6, 6.07) is 7.83. The summed E-state index contributed by atoms with van der Waals surface area (Å²) < 4.78 is 1.17. The van der Waals surface area contributed by atoms with Gasteiger partial charge >= 0.3 is 0 Å². The Morgan fingerprint density at radius 2 is 1.56 bits per heavy atom. The number of carbonyl (C=O) groups is 1. The van der Waals surface area contributed by atoms with Gasteiger partial charge in [0.25, 0.3) is 5.91 Å². The second-order valence-electron chi connectivity index (χ2n) is 4.21. The van der Waals surface area contributed by atoms with Crippen molar-refractivity contribution in [3.63, 3.8) is 0 Å². The molecule has 86 valence electrons. The third-order valence-electron chi connectivity index (χ3n) is 2.98. The molecular weight excluding hydrogens is 313 g/mol. The predicted octanol–water partition coefficient (Wildman–Crippen LogP) is 3.31. The zero-order valence-electron chi connectivity index (χ0n) is 9.29.